The van der Waals surface area contributed by atoms with E-state index in [4.69, 9.17) is 23.2 Å². The maximum Gasteiger partial charge on any atom is 0.226 e. The van der Waals surface area contributed by atoms with Crippen LogP contribution in [0.5, 0.6) is 0 Å². The molecule has 0 saturated carbocycles. The van der Waals surface area contributed by atoms with Crippen molar-refractivity contribution in [3.63, 3.8) is 0 Å². The minimum absolute atomic E-state index is 0.0115. The third-order valence-electron chi connectivity index (χ3n) is 3.88. The maximum absolute atomic E-state index is 12.1. The first kappa shape index (κ1) is 18.9. The normalized spacial score (nSPS) is 10.7. The van der Waals surface area contributed by atoms with Crippen LogP contribution in [0, 0.1) is 0 Å². The van der Waals surface area contributed by atoms with Crippen LogP contribution in [0.3, 0.4) is 0 Å². The van der Waals surface area contributed by atoms with E-state index in [0.717, 1.165) is 23.3 Å². The molecule has 1 heterocycles. The summed E-state index contributed by atoms with van der Waals surface area (Å²) in [7, 11) is 0. The summed E-state index contributed by atoms with van der Waals surface area (Å²) in [6, 6.07) is 15.6. The van der Waals surface area contributed by atoms with E-state index in [1.165, 1.54) is 16.9 Å². The van der Waals surface area contributed by atoms with Crippen molar-refractivity contribution < 1.29 is 4.79 Å². The van der Waals surface area contributed by atoms with Crippen molar-refractivity contribution in [3.05, 3.63) is 80.8 Å². The lowest BCUT2D eigenvalue weighted by Gasteiger charge is -2.03. The third kappa shape index (κ3) is 5.56. The number of aryl methyl sites for hydroxylation is 1. The fourth-order valence-electron chi connectivity index (χ4n) is 2.59. The van der Waals surface area contributed by atoms with E-state index in [1.54, 1.807) is 18.3 Å². The van der Waals surface area contributed by atoms with E-state index in [-0.39, 0.29) is 5.91 Å². The highest BCUT2D eigenvalue weighted by Gasteiger charge is 2.09. The van der Waals surface area contributed by atoms with E-state index in [2.05, 4.69) is 22.4 Å². The molecule has 3 nitrogen and oxygen atoms in total. The van der Waals surface area contributed by atoms with Crippen LogP contribution in [-0.2, 0) is 17.6 Å². The summed E-state index contributed by atoms with van der Waals surface area (Å²) in [6.07, 6.45) is 4.59. The minimum Gasteiger partial charge on any atom is -0.302 e. The lowest BCUT2D eigenvalue weighted by atomic mass is 10.1. The molecule has 1 aromatic heterocycles. The summed E-state index contributed by atoms with van der Waals surface area (Å²) in [5.41, 5.74) is 2.19. The SMILES string of the molecule is O=C(CCCc1ccccc1)Nc1ncc(Cc2cc(Cl)ccc2Cl)s1. The number of anilines is 1. The molecule has 2 aromatic carbocycles. The van der Waals surface area contributed by atoms with Gasteiger partial charge in [-0.2, -0.15) is 0 Å². The predicted molar refractivity (Wildman–Crippen MR) is 109 cm³/mol. The van der Waals surface area contributed by atoms with Crippen LogP contribution in [-0.4, -0.2) is 10.9 Å². The number of thiazole rings is 1. The second-order valence-electron chi connectivity index (χ2n) is 5.93. The van der Waals surface area contributed by atoms with Crippen LogP contribution in [0.1, 0.15) is 28.8 Å². The van der Waals surface area contributed by atoms with Gasteiger partial charge in [-0.1, -0.05) is 53.5 Å². The lowest BCUT2D eigenvalue weighted by molar-refractivity contribution is -0.116. The Kier molecular flexibility index (Phi) is 6.67. The topological polar surface area (TPSA) is 42.0 Å². The molecule has 1 N–H and O–H groups in total. The van der Waals surface area contributed by atoms with Gasteiger partial charge in [0.25, 0.3) is 0 Å². The van der Waals surface area contributed by atoms with Crippen LogP contribution in [0.25, 0.3) is 0 Å². The average Bonchev–Trinajstić information content (AvgIpc) is 3.06. The lowest BCUT2D eigenvalue weighted by Crippen LogP contribution is -2.11. The number of amides is 1. The van der Waals surface area contributed by atoms with Crippen LogP contribution in [0.15, 0.2) is 54.7 Å². The zero-order valence-corrected chi connectivity index (χ0v) is 16.4. The number of hydrogen-bond acceptors (Lipinski definition) is 3. The van der Waals surface area contributed by atoms with Crippen molar-refractivity contribution in [3.8, 4) is 0 Å². The van der Waals surface area contributed by atoms with Gasteiger partial charge in [0.05, 0.1) is 0 Å². The number of rotatable bonds is 7. The second-order valence-corrected chi connectivity index (χ2v) is 7.89. The molecule has 6 heteroatoms. The molecule has 0 bridgehead atoms. The first-order chi connectivity index (χ1) is 12.6. The highest BCUT2D eigenvalue weighted by Crippen LogP contribution is 2.27. The molecule has 3 aromatic rings. The van der Waals surface area contributed by atoms with Gasteiger partial charge >= 0.3 is 0 Å². The molecule has 0 atom stereocenters. The number of aromatic nitrogens is 1. The maximum atomic E-state index is 12.1. The Balaban J connectivity index is 1.50. The Bertz CT molecular complexity index is 881. The Morgan fingerprint density at radius 1 is 1.12 bits per heavy atom. The van der Waals surface area contributed by atoms with E-state index < -0.39 is 0 Å². The summed E-state index contributed by atoms with van der Waals surface area (Å²) in [6.45, 7) is 0. The van der Waals surface area contributed by atoms with Gasteiger partial charge in [-0.15, -0.1) is 11.3 Å². The molecule has 3 rings (SSSR count). The highest BCUT2D eigenvalue weighted by molar-refractivity contribution is 7.15. The molecule has 0 aliphatic carbocycles. The van der Waals surface area contributed by atoms with E-state index in [9.17, 15) is 4.79 Å². The number of benzene rings is 2. The molecule has 0 aliphatic rings. The van der Waals surface area contributed by atoms with E-state index >= 15 is 0 Å². The number of carbonyl (C=O) groups excluding carboxylic acids is 1. The smallest absolute Gasteiger partial charge is 0.226 e. The monoisotopic (exact) mass is 404 g/mol. The molecule has 1 amide bonds. The standard InChI is InChI=1S/C20H18Cl2N2OS/c21-16-9-10-18(22)15(11-16)12-17-13-23-20(26-17)24-19(25)8-4-7-14-5-2-1-3-6-14/h1-3,5-6,9-11,13H,4,7-8,12H2,(H,23,24,25). The Labute approximate surface area is 167 Å². The molecule has 0 saturated heterocycles. The van der Waals surface area contributed by atoms with Crippen molar-refractivity contribution in [2.75, 3.05) is 5.32 Å². The van der Waals surface area contributed by atoms with E-state index in [1.807, 2.05) is 24.3 Å². The molecule has 0 radical (unpaired) electrons. The number of carbonyl (C=O) groups is 1. The van der Waals surface area contributed by atoms with E-state index in [0.29, 0.717) is 28.0 Å². The molecule has 0 unspecified atom stereocenters. The van der Waals surface area contributed by atoms with Gasteiger partial charge < -0.3 is 5.32 Å². The third-order valence-corrected chi connectivity index (χ3v) is 5.40. The van der Waals surface area contributed by atoms with Crippen molar-refractivity contribution in [2.45, 2.75) is 25.7 Å². The van der Waals surface area contributed by atoms with Gasteiger partial charge in [0.2, 0.25) is 5.91 Å². The molecule has 26 heavy (non-hydrogen) atoms. The average molecular weight is 405 g/mol. The first-order valence-electron chi connectivity index (χ1n) is 8.32. The predicted octanol–water partition coefficient (Wildman–Crippen LogP) is 6.00. The van der Waals surface area contributed by atoms with Crippen molar-refractivity contribution in [2.24, 2.45) is 0 Å². The number of hydrogen-bond donors (Lipinski definition) is 1. The molecule has 0 spiro atoms. The number of halogens is 2. The number of nitrogens with one attached hydrogen (secondary N) is 1. The summed E-state index contributed by atoms with van der Waals surface area (Å²) < 4.78 is 0. The number of nitrogens with zero attached hydrogens (tertiary/aromatic N) is 1. The van der Waals surface area contributed by atoms with Crippen molar-refractivity contribution >= 4 is 45.6 Å². The zero-order valence-electron chi connectivity index (χ0n) is 14.0. The highest BCUT2D eigenvalue weighted by atomic mass is 35.5. The summed E-state index contributed by atoms with van der Waals surface area (Å²) in [5, 5.41) is 4.81. The fourth-order valence-corrected chi connectivity index (χ4v) is 3.82. The summed E-state index contributed by atoms with van der Waals surface area (Å²) >= 11 is 13.7. The molecule has 0 aliphatic heterocycles. The minimum atomic E-state index is -0.0115. The Morgan fingerprint density at radius 2 is 1.92 bits per heavy atom. The second kappa shape index (κ2) is 9.17. The quantitative estimate of drug-likeness (QED) is 0.524. The van der Waals surface area contributed by atoms with Gasteiger partial charge in [0.15, 0.2) is 5.13 Å². The molecular formula is C20H18Cl2N2OS. The van der Waals surface area contributed by atoms with Crippen molar-refractivity contribution in [1.29, 1.82) is 0 Å². The molecule has 134 valence electrons. The Morgan fingerprint density at radius 3 is 2.73 bits per heavy atom. The first-order valence-corrected chi connectivity index (χ1v) is 9.90. The summed E-state index contributed by atoms with van der Waals surface area (Å²) in [5.74, 6) is -0.0115. The molecule has 0 fully saturated rings. The van der Waals surface area contributed by atoms with Gasteiger partial charge in [-0.25, -0.2) is 4.98 Å². The largest absolute Gasteiger partial charge is 0.302 e. The van der Waals surface area contributed by atoms with Gasteiger partial charge in [0, 0.05) is 34.0 Å². The van der Waals surface area contributed by atoms with Crippen molar-refractivity contribution in [1.82, 2.24) is 4.98 Å². The zero-order chi connectivity index (χ0) is 18.4. The van der Waals surface area contributed by atoms with Crippen LogP contribution in [0.4, 0.5) is 5.13 Å². The van der Waals surface area contributed by atoms with Crippen LogP contribution < -0.4 is 5.32 Å². The van der Waals surface area contributed by atoms with Gasteiger partial charge in [0.1, 0.15) is 0 Å². The van der Waals surface area contributed by atoms with Crippen LogP contribution >= 0.6 is 34.5 Å². The molecular weight excluding hydrogens is 387 g/mol. The van der Waals surface area contributed by atoms with Gasteiger partial charge in [-0.05, 0) is 42.2 Å². The fraction of sp³-hybridized carbons (Fsp3) is 0.200. The Hall–Kier alpha value is -1.88. The van der Waals surface area contributed by atoms with Crippen LogP contribution in [0.2, 0.25) is 10.0 Å². The van der Waals surface area contributed by atoms with Gasteiger partial charge in [-0.3, -0.25) is 4.79 Å². The summed E-state index contributed by atoms with van der Waals surface area (Å²) in [4.78, 5) is 17.4.